The van der Waals surface area contributed by atoms with E-state index in [1.54, 1.807) is 31.1 Å². The number of aliphatic hydroxyl groups is 1. The van der Waals surface area contributed by atoms with E-state index in [0.717, 1.165) is 72.8 Å². The Kier molecular flexibility index (Phi) is 11.8. The van der Waals surface area contributed by atoms with Crippen molar-refractivity contribution >= 4 is 17.3 Å². The molecule has 12 heteroatoms. The first-order valence-corrected chi connectivity index (χ1v) is 18.2. The molecule has 52 heavy (non-hydrogen) atoms. The zero-order valence-electron chi connectivity index (χ0n) is 31.5. The molecule has 0 bridgehead atoms. The standard InChI is InChI=1S/C40H52N8O4/c1-8-32(9-2)52-40-43-39(47(25-28-10-14-33(50-6)15-11-28)26-29-12-16-34(51-7)17-13-29)38-42-24-35(48(38)44-40)36(49)30-22-27(3)37(41-23-30)46-20-18-31(19-21-46)45(4)5/h10-17,22-24,31-32,36,49H,8-9,18-21,25-26H2,1-7H3. The number of rotatable bonds is 15. The number of methoxy groups -OCH3 is 2. The third kappa shape index (κ3) is 8.24. The minimum Gasteiger partial charge on any atom is -0.497 e. The maximum absolute atomic E-state index is 11.9. The van der Waals surface area contributed by atoms with E-state index in [1.807, 2.05) is 54.6 Å². The highest BCUT2D eigenvalue weighted by atomic mass is 16.5. The molecule has 3 aromatic heterocycles. The predicted octanol–water partition coefficient (Wildman–Crippen LogP) is 6.23. The Hall–Kier alpha value is -4.94. The lowest BCUT2D eigenvalue weighted by atomic mass is 10.0. The molecule has 0 spiro atoms. The smallest absolute Gasteiger partial charge is 0.336 e. The van der Waals surface area contributed by atoms with Crippen LogP contribution in [-0.4, -0.2) is 88.1 Å². The number of aryl methyl sites for hydroxylation is 1. The summed E-state index contributed by atoms with van der Waals surface area (Å²) < 4.78 is 18.9. The average molecular weight is 709 g/mol. The summed E-state index contributed by atoms with van der Waals surface area (Å²) in [5.41, 5.74) is 4.83. The molecule has 276 valence electrons. The monoisotopic (exact) mass is 708 g/mol. The van der Waals surface area contributed by atoms with Gasteiger partial charge in [-0.3, -0.25) is 0 Å². The molecule has 1 unspecified atom stereocenters. The number of fused-ring (bicyclic) bond motifs is 1. The Morgan fingerprint density at radius 2 is 1.46 bits per heavy atom. The fourth-order valence-electron chi connectivity index (χ4n) is 6.86. The minimum absolute atomic E-state index is 0.0685. The van der Waals surface area contributed by atoms with Crippen molar-refractivity contribution in [1.29, 1.82) is 0 Å². The Morgan fingerprint density at radius 1 is 0.865 bits per heavy atom. The van der Waals surface area contributed by atoms with E-state index >= 15 is 0 Å². The fourth-order valence-corrected chi connectivity index (χ4v) is 6.86. The molecule has 0 saturated carbocycles. The van der Waals surface area contributed by atoms with E-state index in [1.165, 1.54) is 0 Å². The summed E-state index contributed by atoms with van der Waals surface area (Å²) in [5, 5.41) is 16.7. The van der Waals surface area contributed by atoms with Crippen LogP contribution in [0.2, 0.25) is 0 Å². The summed E-state index contributed by atoms with van der Waals surface area (Å²) in [6.07, 6.45) is 6.14. The highest BCUT2D eigenvalue weighted by Gasteiger charge is 2.27. The Morgan fingerprint density at radius 3 is 1.98 bits per heavy atom. The Labute approximate surface area is 307 Å². The summed E-state index contributed by atoms with van der Waals surface area (Å²) in [6, 6.07) is 18.8. The summed E-state index contributed by atoms with van der Waals surface area (Å²) in [6.45, 7) is 9.18. The van der Waals surface area contributed by atoms with Crippen LogP contribution in [0.1, 0.15) is 73.6 Å². The molecule has 1 saturated heterocycles. The number of nitrogens with zero attached hydrogens (tertiary/aromatic N) is 8. The summed E-state index contributed by atoms with van der Waals surface area (Å²) in [4.78, 5) is 21.5. The first-order valence-electron chi connectivity index (χ1n) is 18.2. The zero-order chi connectivity index (χ0) is 36.8. The molecule has 1 atom stereocenters. The number of anilines is 2. The van der Waals surface area contributed by atoms with Crippen molar-refractivity contribution < 1.29 is 19.3 Å². The normalized spacial score (nSPS) is 14.3. The van der Waals surface area contributed by atoms with Gasteiger partial charge in [0.05, 0.1) is 26.1 Å². The first kappa shape index (κ1) is 36.8. The maximum Gasteiger partial charge on any atom is 0.336 e. The molecule has 1 aliphatic heterocycles. The second kappa shape index (κ2) is 16.6. The van der Waals surface area contributed by atoms with E-state index < -0.39 is 6.10 Å². The van der Waals surface area contributed by atoms with E-state index in [0.29, 0.717) is 41.9 Å². The first-order chi connectivity index (χ1) is 25.2. The maximum atomic E-state index is 11.9. The molecule has 1 N–H and O–H groups in total. The van der Waals surface area contributed by atoms with Crippen LogP contribution in [0.3, 0.4) is 0 Å². The fraction of sp³-hybridized carbons (Fsp3) is 0.450. The number of hydrogen-bond donors (Lipinski definition) is 1. The van der Waals surface area contributed by atoms with E-state index in [9.17, 15) is 5.11 Å². The Bertz CT molecular complexity index is 1850. The molecule has 2 aromatic carbocycles. The summed E-state index contributed by atoms with van der Waals surface area (Å²) in [5.74, 6) is 3.12. The van der Waals surface area contributed by atoms with Crippen molar-refractivity contribution in [3.63, 3.8) is 0 Å². The number of piperidine rings is 1. The van der Waals surface area contributed by atoms with Gasteiger partial charge in [-0.05, 0) is 93.7 Å². The number of imidazole rings is 1. The van der Waals surface area contributed by atoms with Crippen LogP contribution in [0.5, 0.6) is 17.5 Å². The minimum atomic E-state index is -1.03. The third-order valence-electron chi connectivity index (χ3n) is 10.1. The molecular weight excluding hydrogens is 656 g/mol. The SMILES string of the molecule is CCC(CC)Oc1nc(N(Cc2ccc(OC)cc2)Cc2ccc(OC)cc2)c2ncc(C(O)c3cnc(N4CCC(N(C)C)CC4)c(C)c3)n2n1. The van der Waals surface area contributed by atoms with Crippen molar-refractivity contribution in [2.45, 2.75) is 77.8 Å². The quantitative estimate of drug-likeness (QED) is 0.134. The van der Waals surface area contributed by atoms with Crippen LogP contribution in [0, 0.1) is 6.92 Å². The molecule has 0 aliphatic carbocycles. The summed E-state index contributed by atoms with van der Waals surface area (Å²) >= 11 is 0. The van der Waals surface area contributed by atoms with Crippen molar-refractivity contribution in [3.8, 4) is 17.5 Å². The molecule has 6 rings (SSSR count). The van der Waals surface area contributed by atoms with E-state index in [4.69, 9.17) is 34.3 Å². The highest BCUT2D eigenvalue weighted by molar-refractivity contribution is 5.65. The molecule has 0 radical (unpaired) electrons. The lowest BCUT2D eigenvalue weighted by molar-refractivity contribution is 0.172. The second-order valence-corrected chi connectivity index (χ2v) is 13.7. The highest BCUT2D eigenvalue weighted by Crippen LogP contribution is 2.32. The average Bonchev–Trinajstić information content (AvgIpc) is 3.60. The van der Waals surface area contributed by atoms with Crippen LogP contribution >= 0.6 is 0 Å². The molecule has 0 amide bonds. The molecule has 1 aliphatic rings. The molecule has 1 fully saturated rings. The second-order valence-electron chi connectivity index (χ2n) is 13.7. The van der Waals surface area contributed by atoms with Gasteiger partial charge in [0.1, 0.15) is 29.5 Å². The van der Waals surface area contributed by atoms with Gasteiger partial charge in [0.25, 0.3) is 0 Å². The lowest BCUT2D eigenvalue weighted by Gasteiger charge is -2.36. The molecule has 12 nitrogen and oxygen atoms in total. The number of benzene rings is 2. The molecular formula is C40H52N8O4. The van der Waals surface area contributed by atoms with Crippen molar-refractivity contribution in [1.82, 2.24) is 29.5 Å². The summed E-state index contributed by atoms with van der Waals surface area (Å²) in [7, 11) is 7.62. The van der Waals surface area contributed by atoms with Gasteiger partial charge >= 0.3 is 6.01 Å². The largest absolute Gasteiger partial charge is 0.497 e. The van der Waals surface area contributed by atoms with E-state index in [2.05, 4.69) is 49.6 Å². The number of pyridine rings is 1. The van der Waals surface area contributed by atoms with Crippen LogP contribution < -0.4 is 24.0 Å². The topological polar surface area (TPSA) is 114 Å². The van der Waals surface area contributed by atoms with Gasteiger partial charge in [0, 0.05) is 44.0 Å². The van der Waals surface area contributed by atoms with Crippen LogP contribution in [0.15, 0.2) is 67.0 Å². The number of aromatic nitrogens is 5. The molecule has 5 aromatic rings. The van der Waals surface area contributed by atoms with Gasteiger partial charge < -0.3 is 34.0 Å². The van der Waals surface area contributed by atoms with Crippen molar-refractivity contribution in [2.24, 2.45) is 0 Å². The molecule has 4 heterocycles. The van der Waals surface area contributed by atoms with Gasteiger partial charge in [-0.2, -0.15) is 4.98 Å². The number of aliphatic hydroxyl groups excluding tert-OH is 1. The van der Waals surface area contributed by atoms with E-state index in [-0.39, 0.29) is 12.1 Å². The van der Waals surface area contributed by atoms with Gasteiger partial charge in [0.2, 0.25) is 0 Å². The number of ether oxygens (including phenoxy) is 3. The van der Waals surface area contributed by atoms with Crippen LogP contribution in [0.4, 0.5) is 11.6 Å². The van der Waals surface area contributed by atoms with Crippen molar-refractivity contribution in [3.05, 3.63) is 94.9 Å². The van der Waals surface area contributed by atoms with Gasteiger partial charge in [-0.1, -0.05) is 38.1 Å². The predicted molar refractivity (Wildman–Crippen MR) is 204 cm³/mol. The number of hydrogen-bond acceptors (Lipinski definition) is 11. The van der Waals surface area contributed by atoms with Crippen LogP contribution in [0.25, 0.3) is 5.65 Å². The van der Waals surface area contributed by atoms with Crippen LogP contribution in [-0.2, 0) is 13.1 Å². The lowest BCUT2D eigenvalue weighted by Crippen LogP contribution is -2.42. The van der Waals surface area contributed by atoms with Gasteiger partial charge in [0.15, 0.2) is 11.5 Å². The van der Waals surface area contributed by atoms with Crippen molar-refractivity contribution in [2.75, 3.05) is 51.2 Å². The zero-order valence-corrected chi connectivity index (χ0v) is 31.5. The Balaban J connectivity index is 1.38. The van der Waals surface area contributed by atoms with Gasteiger partial charge in [-0.25, -0.2) is 14.5 Å². The van der Waals surface area contributed by atoms with Gasteiger partial charge in [-0.15, -0.1) is 5.10 Å². The third-order valence-corrected chi connectivity index (χ3v) is 10.1.